The van der Waals surface area contributed by atoms with Gasteiger partial charge >= 0.3 is 0 Å². The van der Waals surface area contributed by atoms with Gasteiger partial charge in [0, 0.05) is 19.1 Å². The van der Waals surface area contributed by atoms with Crippen molar-refractivity contribution in [1.29, 1.82) is 0 Å². The molecule has 0 spiro atoms. The first-order valence-corrected chi connectivity index (χ1v) is 8.32. The molecule has 2 aliphatic carbocycles. The van der Waals surface area contributed by atoms with Gasteiger partial charge in [0.15, 0.2) is 0 Å². The van der Waals surface area contributed by atoms with Crippen molar-refractivity contribution in [3.63, 3.8) is 0 Å². The Balaban J connectivity index is 2.03. The van der Waals surface area contributed by atoms with Crippen molar-refractivity contribution in [2.75, 3.05) is 13.1 Å². The minimum atomic E-state index is -0.0631. The molecule has 1 N–H and O–H groups in total. The Labute approximate surface area is 124 Å². The second-order valence-corrected chi connectivity index (χ2v) is 7.56. The zero-order chi connectivity index (χ0) is 15.1. The van der Waals surface area contributed by atoms with E-state index < -0.39 is 0 Å². The van der Waals surface area contributed by atoms with Gasteiger partial charge < -0.3 is 10.2 Å². The number of nitrogens with one attached hydrogen (secondary N) is 1. The van der Waals surface area contributed by atoms with E-state index in [1.54, 1.807) is 0 Å². The second-order valence-electron chi connectivity index (χ2n) is 7.56. The SMILES string of the molecule is CCN(CC)C(=O)C(C)NC1CC2CCC1(C)C2(C)C. The van der Waals surface area contributed by atoms with Gasteiger partial charge in [-0.2, -0.15) is 0 Å². The van der Waals surface area contributed by atoms with E-state index in [-0.39, 0.29) is 11.9 Å². The van der Waals surface area contributed by atoms with E-state index in [0.29, 0.717) is 16.9 Å². The normalized spacial score (nSPS) is 36.1. The number of carbonyl (C=O) groups excluding carboxylic acids is 1. The topological polar surface area (TPSA) is 32.3 Å². The first-order chi connectivity index (χ1) is 9.27. The first-order valence-electron chi connectivity index (χ1n) is 8.32. The van der Waals surface area contributed by atoms with Gasteiger partial charge in [-0.15, -0.1) is 0 Å². The van der Waals surface area contributed by atoms with Gasteiger partial charge in [0.25, 0.3) is 0 Å². The molecule has 116 valence electrons. The highest BCUT2D eigenvalue weighted by atomic mass is 16.2. The quantitative estimate of drug-likeness (QED) is 0.839. The van der Waals surface area contributed by atoms with Crippen molar-refractivity contribution in [3.8, 4) is 0 Å². The maximum atomic E-state index is 12.4. The molecular weight excluding hydrogens is 248 g/mol. The monoisotopic (exact) mass is 280 g/mol. The van der Waals surface area contributed by atoms with Crippen LogP contribution >= 0.6 is 0 Å². The third-order valence-corrected chi connectivity index (χ3v) is 6.69. The van der Waals surface area contributed by atoms with Gasteiger partial charge in [0.1, 0.15) is 0 Å². The lowest BCUT2D eigenvalue weighted by molar-refractivity contribution is -0.133. The molecule has 2 rings (SSSR count). The molecule has 2 bridgehead atoms. The van der Waals surface area contributed by atoms with Crippen LogP contribution in [0.2, 0.25) is 0 Å². The van der Waals surface area contributed by atoms with Crippen LogP contribution < -0.4 is 5.32 Å². The molecule has 3 heteroatoms. The predicted molar refractivity (Wildman–Crippen MR) is 83.5 cm³/mol. The molecule has 4 unspecified atom stereocenters. The Hall–Kier alpha value is -0.570. The lowest BCUT2D eigenvalue weighted by Crippen LogP contribution is -2.53. The number of nitrogens with zero attached hydrogens (tertiary/aromatic N) is 1. The summed E-state index contributed by atoms with van der Waals surface area (Å²) in [6.07, 6.45) is 3.90. The summed E-state index contributed by atoms with van der Waals surface area (Å²) >= 11 is 0. The molecule has 3 nitrogen and oxygen atoms in total. The molecule has 2 aliphatic rings. The predicted octanol–water partition coefficient (Wildman–Crippen LogP) is 3.05. The summed E-state index contributed by atoms with van der Waals surface area (Å²) in [4.78, 5) is 14.4. The summed E-state index contributed by atoms with van der Waals surface area (Å²) in [6, 6.07) is 0.428. The molecule has 0 aromatic rings. The van der Waals surface area contributed by atoms with Gasteiger partial charge in [0.05, 0.1) is 6.04 Å². The molecule has 0 saturated heterocycles. The van der Waals surface area contributed by atoms with Crippen molar-refractivity contribution < 1.29 is 4.79 Å². The number of amides is 1. The van der Waals surface area contributed by atoms with Crippen molar-refractivity contribution in [1.82, 2.24) is 10.2 Å². The lowest BCUT2D eigenvalue weighted by atomic mass is 9.69. The number of rotatable bonds is 5. The zero-order valence-electron chi connectivity index (χ0n) is 14.1. The third-order valence-electron chi connectivity index (χ3n) is 6.69. The summed E-state index contributed by atoms with van der Waals surface area (Å²) in [6.45, 7) is 15.0. The minimum absolute atomic E-state index is 0.0631. The van der Waals surface area contributed by atoms with Crippen LogP contribution in [0.4, 0.5) is 0 Å². The highest BCUT2D eigenvalue weighted by Gasteiger charge is 2.61. The summed E-state index contributed by atoms with van der Waals surface area (Å²) < 4.78 is 0. The van der Waals surface area contributed by atoms with Crippen LogP contribution in [0.15, 0.2) is 0 Å². The van der Waals surface area contributed by atoms with Crippen molar-refractivity contribution in [2.45, 2.75) is 72.9 Å². The molecule has 20 heavy (non-hydrogen) atoms. The fraction of sp³-hybridized carbons (Fsp3) is 0.941. The van der Waals surface area contributed by atoms with Crippen molar-refractivity contribution in [3.05, 3.63) is 0 Å². The Morgan fingerprint density at radius 2 is 1.90 bits per heavy atom. The summed E-state index contributed by atoms with van der Waals surface area (Å²) in [5.41, 5.74) is 0.748. The Bertz CT molecular complexity index is 375. The molecule has 2 fully saturated rings. The van der Waals surface area contributed by atoms with Crippen LogP contribution in [-0.2, 0) is 4.79 Å². The maximum Gasteiger partial charge on any atom is 0.239 e. The summed E-state index contributed by atoms with van der Waals surface area (Å²) in [7, 11) is 0. The molecular formula is C17H32N2O. The Kier molecular flexibility index (Phi) is 4.21. The van der Waals surface area contributed by atoms with Crippen molar-refractivity contribution in [2.24, 2.45) is 16.7 Å². The van der Waals surface area contributed by atoms with Gasteiger partial charge in [0.2, 0.25) is 5.91 Å². The molecule has 0 aromatic heterocycles. The van der Waals surface area contributed by atoms with E-state index in [2.05, 4.69) is 39.9 Å². The minimum Gasteiger partial charge on any atom is -0.342 e. The van der Waals surface area contributed by atoms with E-state index in [4.69, 9.17) is 0 Å². The number of likely N-dealkylation sites (N-methyl/N-ethyl adjacent to an activating group) is 1. The molecule has 0 radical (unpaired) electrons. The first kappa shape index (κ1) is 15.8. The van der Waals surface area contributed by atoms with E-state index in [1.165, 1.54) is 19.3 Å². The fourth-order valence-corrected chi connectivity index (χ4v) is 4.64. The number of fused-ring (bicyclic) bond motifs is 2. The fourth-order valence-electron chi connectivity index (χ4n) is 4.64. The van der Waals surface area contributed by atoms with Crippen molar-refractivity contribution >= 4 is 5.91 Å². The molecule has 1 amide bonds. The standard InChI is InChI=1S/C17H32N2O/c1-7-19(8-2)15(20)12(3)18-14-11-13-9-10-17(14,6)16(13,4)5/h12-14,18H,7-11H2,1-6H3. The zero-order valence-corrected chi connectivity index (χ0v) is 14.1. The van der Waals surface area contributed by atoms with Crippen LogP contribution in [0.5, 0.6) is 0 Å². The molecule has 2 saturated carbocycles. The lowest BCUT2D eigenvalue weighted by Gasteiger charge is -2.41. The highest BCUT2D eigenvalue weighted by Crippen LogP contribution is 2.65. The van der Waals surface area contributed by atoms with E-state index in [9.17, 15) is 4.79 Å². The average Bonchev–Trinajstić information content (AvgIpc) is 2.73. The Morgan fingerprint density at radius 3 is 2.30 bits per heavy atom. The van der Waals surface area contributed by atoms with Crippen LogP contribution in [0.1, 0.15) is 60.8 Å². The molecule has 0 aliphatic heterocycles. The van der Waals surface area contributed by atoms with Crippen LogP contribution in [0.25, 0.3) is 0 Å². The van der Waals surface area contributed by atoms with Gasteiger partial charge in [-0.3, -0.25) is 4.79 Å². The molecule has 0 aromatic carbocycles. The number of hydrogen-bond acceptors (Lipinski definition) is 2. The average molecular weight is 280 g/mol. The summed E-state index contributed by atoms with van der Waals surface area (Å²) in [5.74, 6) is 1.07. The van der Waals surface area contributed by atoms with E-state index in [0.717, 1.165) is 19.0 Å². The molecule has 4 atom stereocenters. The Morgan fingerprint density at radius 1 is 1.30 bits per heavy atom. The summed E-state index contributed by atoms with van der Waals surface area (Å²) in [5, 5.41) is 3.66. The van der Waals surface area contributed by atoms with E-state index >= 15 is 0 Å². The van der Waals surface area contributed by atoms with Gasteiger partial charge in [-0.25, -0.2) is 0 Å². The molecule has 0 heterocycles. The smallest absolute Gasteiger partial charge is 0.239 e. The maximum absolute atomic E-state index is 12.4. The number of hydrogen-bond donors (Lipinski definition) is 1. The second kappa shape index (κ2) is 5.32. The van der Waals surface area contributed by atoms with Crippen LogP contribution in [0.3, 0.4) is 0 Å². The number of carbonyl (C=O) groups is 1. The van der Waals surface area contributed by atoms with Crippen LogP contribution in [-0.4, -0.2) is 36.0 Å². The largest absolute Gasteiger partial charge is 0.342 e. The van der Waals surface area contributed by atoms with Gasteiger partial charge in [-0.05, 0) is 56.8 Å². The highest BCUT2D eigenvalue weighted by molar-refractivity contribution is 5.81. The third kappa shape index (κ3) is 2.18. The van der Waals surface area contributed by atoms with E-state index in [1.807, 2.05) is 11.8 Å². The van der Waals surface area contributed by atoms with Gasteiger partial charge in [-0.1, -0.05) is 20.8 Å². The van der Waals surface area contributed by atoms with Crippen LogP contribution in [0, 0.1) is 16.7 Å².